The standard InChI is InChI=1S/C22H25N3O2/c1-16-5-9-19(10-6-16)25-21(26)15-20(22(25)27)23-17-7-11-18(12-8-17)24-13-3-2-4-14-24/h5-12,20,23H,2-4,13-15H2,1H3. The molecule has 2 amide bonds. The van der Waals surface area contributed by atoms with E-state index in [-0.39, 0.29) is 18.2 Å². The molecule has 4 rings (SSSR count). The molecular formula is C22H25N3O2. The van der Waals surface area contributed by atoms with Crippen LogP contribution >= 0.6 is 0 Å². The smallest absolute Gasteiger partial charge is 0.256 e. The first-order chi connectivity index (χ1) is 13.1. The van der Waals surface area contributed by atoms with Gasteiger partial charge in [0.15, 0.2) is 0 Å². The molecule has 27 heavy (non-hydrogen) atoms. The van der Waals surface area contributed by atoms with Crippen LogP contribution in [-0.2, 0) is 9.59 Å². The number of benzene rings is 2. The van der Waals surface area contributed by atoms with Crippen LogP contribution in [0.15, 0.2) is 48.5 Å². The highest BCUT2D eigenvalue weighted by atomic mass is 16.2. The van der Waals surface area contributed by atoms with Gasteiger partial charge in [-0.05, 0) is 62.6 Å². The molecule has 0 bridgehead atoms. The number of amides is 2. The van der Waals surface area contributed by atoms with Gasteiger partial charge in [-0.15, -0.1) is 0 Å². The highest BCUT2D eigenvalue weighted by Gasteiger charge is 2.39. The van der Waals surface area contributed by atoms with Gasteiger partial charge in [0.25, 0.3) is 5.91 Å². The average Bonchev–Trinajstić information content (AvgIpc) is 2.97. The zero-order valence-electron chi connectivity index (χ0n) is 15.6. The van der Waals surface area contributed by atoms with E-state index in [1.807, 2.05) is 43.3 Å². The zero-order valence-corrected chi connectivity index (χ0v) is 15.6. The Morgan fingerprint density at radius 2 is 1.48 bits per heavy atom. The third-order valence-electron chi connectivity index (χ3n) is 5.37. The van der Waals surface area contributed by atoms with E-state index in [1.54, 1.807) is 0 Å². The number of hydrogen-bond acceptors (Lipinski definition) is 4. The Morgan fingerprint density at radius 3 is 2.15 bits per heavy atom. The Labute approximate surface area is 160 Å². The lowest BCUT2D eigenvalue weighted by atomic mass is 10.1. The molecular weight excluding hydrogens is 338 g/mol. The van der Waals surface area contributed by atoms with Crippen LogP contribution in [-0.4, -0.2) is 30.9 Å². The van der Waals surface area contributed by atoms with Crippen molar-refractivity contribution in [2.75, 3.05) is 28.2 Å². The van der Waals surface area contributed by atoms with E-state index in [2.05, 4.69) is 22.3 Å². The van der Waals surface area contributed by atoms with Crippen molar-refractivity contribution >= 4 is 28.9 Å². The molecule has 140 valence electrons. The molecule has 2 saturated heterocycles. The fourth-order valence-electron chi connectivity index (χ4n) is 3.83. The molecule has 0 saturated carbocycles. The molecule has 2 aliphatic rings. The molecule has 0 spiro atoms. The molecule has 2 aliphatic heterocycles. The van der Waals surface area contributed by atoms with Gasteiger partial charge in [0, 0.05) is 24.5 Å². The highest BCUT2D eigenvalue weighted by Crippen LogP contribution is 2.27. The Bertz CT molecular complexity index is 824. The third-order valence-corrected chi connectivity index (χ3v) is 5.37. The predicted molar refractivity (Wildman–Crippen MR) is 108 cm³/mol. The van der Waals surface area contributed by atoms with E-state index in [9.17, 15) is 9.59 Å². The van der Waals surface area contributed by atoms with E-state index in [0.717, 1.165) is 24.3 Å². The normalized spacial score (nSPS) is 20.3. The number of imide groups is 1. The number of carbonyl (C=O) groups is 2. The molecule has 0 aromatic heterocycles. The van der Waals surface area contributed by atoms with Gasteiger partial charge in [-0.25, -0.2) is 4.90 Å². The predicted octanol–water partition coefficient (Wildman–Crippen LogP) is 3.73. The van der Waals surface area contributed by atoms with Gasteiger partial charge >= 0.3 is 0 Å². The van der Waals surface area contributed by atoms with Gasteiger partial charge in [-0.2, -0.15) is 0 Å². The largest absolute Gasteiger partial charge is 0.373 e. The molecule has 2 aromatic carbocycles. The Balaban J connectivity index is 1.44. The topological polar surface area (TPSA) is 52.7 Å². The molecule has 2 heterocycles. The highest BCUT2D eigenvalue weighted by molar-refractivity contribution is 6.23. The number of carbonyl (C=O) groups excluding carboxylic acids is 2. The number of hydrogen-bond donors (Lipinski definition) is 1. The minimum atomic E-state index is -0.514. The number of nitrogens with zero attached hydrogens (tertiary/aromatic N) is 2. The first-order valence-electron chi connectivity index (χ1n) is 9.67. The van der Waals surface area contributed by atoms with E-state index in [0.29, 0.717) is 5.69 Å². The van der Waals surface area contributed by atoms with Crippen molar-refractivity contribution in [2.24, 2.45) is 0 Å². The Kier molecular flexibility index (Phi) is 4.84. The van der Waals surface area contributed by atoms with Crippen molar-refractivity contribution in [2.45, 2.75) is 38.6 Å². The van der Waals surface area contributed by atoms with E-state index < -0.39 is 6.04 Å². The van der Waals surface area contributed by atoms with Crippen molar-refractivity contribution < 1.29 is 9.59 Å². The van der Waals surface area contributed by atoms with Crippen LogP contribution in [0.4, 0.5) is 17.1 Å². The summed E-state index contributed by atoms with van der Waals surface area (Å²) < 4.78 is 0. The van der Waals surface area contributed by atoms with E-state index in [1.165, 1.54) is 29.8 Å². The van der Waals surface area contributed by atoms with Crippen LogP contribution in [0.3, 0.4) is 0 Å². The number of rotatable bonds is 4. The summed E-state index contributed by atoms with van der Waals surface area (Å²) in [5, 5.41) is 3.23. The molecule has 2 aromatic rings. The Hall–Kier alpha value is -2.82. The summed E-state index contributed by atoms with van der Waals surface area (Å²) in [6, 6.07) is 15.1. The summed E-state index contributed by atoms with van der Waals surface area (Å²) in [5.41, 5.74) is 3.82. The van der Waals surface area contributed by atoms with Gasteiger partial charge in [-0.1, -0.05) is 17.7 Å². The first-order valence-corrected chi connectivity index (χ1v) is 9.67. The van der Waals surface area contributed by atoms with Crippen LogP contribution in [0.5, 0.6) is 0 Å². The quantitative estimate of drug-likeness (QED) is 0.841. The van der Waals surface area contributed by atoms with Crippen LogP contribution in [0.1, 0.15) is 31.2 Å². The summed E-state index contributed by atoms with van der Waals surface area (Å²) in [6.45, 7) is 4.19. The molecule has 2 fully saturated rings. The first kappa shape index (κ1) is 17.6. The van der Waals surface area contributed by atoms with Crippen molar-refractivity contribution in [1.82, 2.24) is 0 Å². The van der Waals surface area contributed by atoms with E-state index in [4.69, 9.17) is 0 Å². The minimum absolute atomic E-state index is 0.161. The second kappa shape index (κ2) is 7.43. The lowest BCUT2D eigenvalue weighted by Gasteiger charge is -2.29. The SMILES string of the molecule is Cc1ccc(N2C(=O)CC(Nc3ccc(N4CCCCC4)cc3)C2=O)cc1. The number of anilines is 3. The molecule has 1 atom stereocenters. The molecule has 1 unspecified atom stereocenters. The van der Waals surface area contributed by atoms with Crippen LogP contribution < -0.4 is 15.1 Å². The lowest BCUT2D eigenvalue weighted by molar-refractivity contribution is -0.121. The monoisotopic (exact) mass is 363 g/mol. The zero-order chi connectivity index (χ0) is 18.8. The maximum absolute atomic E-state index is 12.8. The summed E-state index contributed by atoms with van der Waals surface area (Å²) in [5.74, 6) is -0.352. The van der Waals surface area contributed by atoms with E-state index >= 15 is 0 Å². The fourth-order valence-corrected chi connectivity index (χ4v) is 3.83. The van der Waals surface area contributed by atoms with Crippen molar-refractivity contribution in [3.05, 3.63) is 54.1 Å². The second-order valence-corrected chi connectivity index (χ2v) is 7.40. The average molecular weight is 363 g/mol. The maximum Gasteiger partial charge on any atom is 0.256 e. The third kappa shape index (κ3) is 3.68. The van der Waals surface area contributed by atoms with Crippen molar-refractivity contribution in [3.63, 3.8) is 0 Å². The van der Waals surface area contributed by atoms with Crippen molar-refractivity contribution in [1.29, 1.82) is 0 Å². The van der Waals surface area contributed by atoms with Gasteiger partial charge in [0.2, 0.25) is 5.91 Å². The summed E-state index contributed by atoms with van der Waals surface area (Å²) in [4.78, 5) is 28.8. The molecule has 5 nitrogen and oxygen atoms in total. The number of aryl methyl sites for hydroxylation is 1. The van der Waals surface area contributed by atoms with Gasteiger partial charge in [0.1, 0.15) is 6.04 Å². The van der Waals surface area contributed by atoms with Gasteiger partial charge in [-0.3, -0.25) is 9.59 Å². The summed E-state index contributed by atoms with van der Waals surface area (Å²) >= 11 is 0. The molecule has 0 radical (unpaired) electrons. The van der Waals surface area contributed by atoms with Crippen molar-refractivity contribution in [3.8, 4) is 0 Å². The van der Waals surface area contributed by atoms with Gasteiger partial charge < -0.3 is 10.2 Å². The van der Waals surface area contributed by atoms with Crippen LogP contribution in [0, 0.1) is 6.92 Å². The maximum atomic E-state index is 12.8. The number of piperidine rings is 1. The lowest BCUT2D eigenvalue weighted by Crippen LogP contribution is -2.34. The molecule has 1 N–H and O–H groups in total. The molecule has 5 heteroatoms. The summed E-state index contributed by atoms with van der Waals surface area (Å²) in [6.07, 6.45) is 3.98. The number of nitrogens with one attached hydrogen (secondary N) is 1. The Morgan fingerprint density at radius 1 is 0.852 bits per heavy atom. The van der Waals surface area contributed by atoms with Crippen LogP contribution in [0.2, 0.25) is 0 Å². The fraction of sp³-hybridized carbons (Fsp3) is 0.364. The summed E-state index contributed by atoms with van der Waals surface area (Å²) in [7, 11) is 0. The molecule has 0 aliphatic carbocycles. The van der Waals surface area contributed by atoms with Crippen LogP contribution in [0.25, 0.3) is 0 Å². The minimum Gasteiger partial charge on any atom is -0.373 e. The second-order valence-electron chi connectivity index (χ2n) is 7.40. The van der Waals surface area contributed by atoms with Gasteiger partial charge in [0.05, 0.1) is 12.1 Å².